The first-order chi connectivity index (χ1) is 9.04. The number of halogens is 2. The summed E-state index contributed by atoms with van der Waals surface area (Å²) in [5.74, 6) is 0.901. The molecule has 0 aliphatic carbocycles. The highest BCUT2D eigenvalue weighted by Gasteiger charge is 2.05. The molecule has 0 spiro atoms. The minimum atomic E-state index is -0.333. The van der Waals surface area contributed by atoms with Crippen LogP contribution in [0.2, 0.25) is 0 Å². The van der Waals surface area contributed by atoms with Gasteiger partial charge in [0.25, 0.3) is 0 Å². The molecule has 100 valence electrons. The predicted molar refractivity (Wildman–Crippen MR) is 78.2 cm³/mol. The largest absolute Gasteiger partial charge is 0.368 e. The van der Waals surface area contributed by atoms with Gasteiger partial charge in [0.05, 0.1) is 5.69 Å². The molecule has 4 nitrogen and oxygen atoms in total. The molecule has 0 unspecified atom stereocenters. The van der Waals surface area contributed by atoms with E-state index in [4.69, 9.17) is 0 Å². The summed E-state index contributed by atoms with van der Waals surface area (Å²) in [6.45, 7) is 4.03. The highest BCUT2D eigenvalue weighted by atomic mass is 79.9. The number of aromatic nitrogens is 2. The van der Waals surface area contributed by atoms with Crippen LogP contribution in [0.15, 0.2) is 35.1 Å². The fourth-order valence-electron chi connectivity index (χ4n) is 1.53. The van der Waals surface area contributed by atoms with E-state index in [1.807, 2.05) is 13.8 Å². The number of hydrogen-bond acceptors (Lipinski definition) is 4. The van der Waals surface area contributed by atoms with Gasteiger partial charge in [0, 0.05) is 16.6 Å². The maximum Gasteiger partial charge on any atom is 0.146 e. The molecule has 1 heterocycles. The van der Waals surface area contributed by atoms with E-state index < -0.39 is 0 Å². The minimum Gasteiger partial charge on any atom is -0.368 e. The van der Waals surface area contributed by atoms with Crippen LogP contribution in [0.3, 0.4) is 0 Å². The van der Waals surface area contributed by atoms with E-state index in [1.54, 1.807) is 18.2 Å². The number of nitrogens with zero attached hydrogens (tertiary/aromatic N) is 2. The normalized spacial score (nSPS) is 10.6. The standard InChI is InChI=1S/C13H14BrFN4/c1-8(2)18-12-6-13(17-7-16-12)19-11-5-9(14)3-4-10(11)15/h3-8H,1-2H3,(H2,16,17,18,19). The number of hydrogen-bond donors (Lipinski definition) is 2. The third kappa shape index (κ3) is 3.89. The molecule has 0 saturated carbocycles. The first-order valence-electron chi connectivity index (χ1n) is 5.85. The van der Waals surface area contributed by atoms with Crippen molar-refractivity contribution in [3.05, 3.63) is 40.9 Å². The van der Waals surface area contributed by atoms with E-state index in [1.165, 1.54) is 12.4 Å². The van der Waals surface area contributed by atoms with Crippen molar-refractivity contribution in [2.24, 2.45) is 0 Å². The average Bonchev–Trinajstić information content (AvgIpc) is 2.33. The van der Waals surface area contributed by atoms with Gasteiger partial charge in [-0.1, -0.05) is 15.9 Å². The topological polar surface area (TPSA) is 49.8 Å². The van der Waals surface area contributed by atoms with Crippen LogP contribution >= 0.6 is 15.9 Å². The van der Waals surface area contributed by atoms with Gasteiger partial charge in [-0.15, -0.1) is 0 Å². The molecule has 1 aromatic heterocycles. The Bertz CT molecular complexity index is 574. The molecule has 2 rings (SSSR count). The third-order valence-corrected chi connectivity index (χ3v) is 2.79. The van der Waals surface area contributed by atoms with E-state index in [0.717, 1.165) is 4.47 Å². The van der Waals surface area contributed by atoms with Crippen molar-refractivity contribution in [1.29, 1.82) is 0 Å². The minimum absolute atomic E-state index is 0.269. The summed E-state index contributed by atoms with van der Waals surface area (Å²) >= 11 is 3.31. The molecular formula is C13H14BrFN4. The molecule has 0 radical (unpaired) electrons. The summed E-state index contributed by atoms with van der Waals surface area (Å²) in [4.78, 5) is 8.16. The Morgan fingerprint density at radius 2 is 1.89 bits per heavy atom. The Balaban J connectivity index is 2.21. The molecule has 0 aliphatic rings. The van der Waals surface area contributed by atoms with Crippen LogP contribution in [0.1, 0.15) is 13.8 Å². The molecule has 0 fully saturated rings. The highest BCUT2D eigenvalue weighted by Crippen LogP contribution is 2.23. The molecule has 1 aromatic carbocycles. The first kappa shape index (κ1) is 13.7. The summed E-state index contributed by atoms with van der Waals surface area (Å²) in [5.41, 5.74) is 0.364. The Labute approximate surface area is 119 Å². The smallest absolute Gasteiger partial charge is 0.146 e. The van der Waals surface area contributed by atoms with Crippen LogP contribution in [0.4, 0.5) is 21.7 Å². The lowest BCUT2D eigenvalue weighted by Gasteiger charge is -2.11. The fourth-order valence-corrected chi connectivity index (χ4v) is 1.89. The van der Waals surface area contributed by atoms with Crippen molar-refractivity contribution in [2.45, 2.75) is 19.9 Å². The van der Waals surface area contributed by atoms with Crippen molar-refractivity contribution in [3.8, 4) is 0 Å². The van der Waals surface area contributed by atoms with Gasteiger partial charge in [-0.3, -0.25) is 0 Å². The molecule has 0 atom stereocenters. The van der Waals surface area contributed by atoms with Crippen molar-refractivity contribution in [2.75, 3.05) is 10.6 Å². The van der Waals surface area contributed by atoms with Gasteiger partial charge in [-0.05, 0) is 32.0 Å². The van der Waals surface area contributed by atoms with Crippen LogP contribution in [0.5, 0.6) is 0 Å². The Morgan fingerprint density at radius 3 is 2.63 bits per heavy atom. The number of anilines is 3. The summed E-state index contributed by atoms with van der Waals surface area (Å²) in [6, 6.07) is 6.70. The van der Waals surface area contributed by atoms with Gasteiger partial charge in [0.1, 0.15) is 23.8 Å². The van der Waals surface area contributed by atoms with E-state index in [-0.39, 0.29) is 11.9 Å². The van der Waals surface area contributed by atoms with E-state index in [2.05, 4.69) is 36.5 Å². The zero-order valence-electron chi connectivity index (χ0n) is 10.6. The maximum absolute atomic E-state index is 13.6. The molecule has 2 N–H and O–H groups in total. The second-order valence-electron chi connectivity index (χ2n) is 4.34. The lowest BCUT2D eigenvalue weighted by molar-refractivity contribution is 0.631. The van der Waals surface area contributed by atoms with Gasteiger partial charge in [-0.25, -0.2) is 14.4 Å². The van der Waals surface area contributed by atoms with Crippen molar-refractivity contribution < 1.29 is 4.39 Å². The lowest BCUT2D eigenvalue weighted by Crippen LogP contribution is -2.11. The molecule has 0 amide bonds. The van der Waals surface area contributed by atoms with Crippen LogP contribution in [-0.2, 0) is 0 Å². The summed E-state index contributed by atoms with van der Waals surface area (Å²) in [7, 11) is 0. The third-order valence-electron chi connectivity index (χ3n) is 2.29. The molecule has 0 bridgehead atoms. The van der Waals surface area contributed by atoms with Gasteiger partial charge < -0.3 is 10.6 Å². The Hall–Kier alpha value is -1.69. The van der Waals surface area contributed by atoms with Crippen LogP contribution in [0.25, 0.3) is 0 Å². The summed E-state index contributed by atoms with van der Waals surface area (Å²) in [5, 5.41) is 6.09. The van der Waals surface area contributed by atoms with E-state index in [0.29, 0.717) is 17.3 Å². The first-order valence-corrected chi connectivity index (χ1v) is 6.64. The zero-order valence-corrected chi connectivity index (χ0v) is 12.2. The fraction of sp³-hybridized carbons (Fsp3) is 0.231. The second kappa shape index (κ2) is 5.97. The van der Waals surface area contributed by atoms with Gasteiger partial charge in [0.2, 0.25) is 0 Å². The quantitative estimate of drug-likeness (QED) is 0.894. The zero-order chi connectivity index (χ0) is 13.8. The van der Waals surface area contributed by atoms with Crippen molar-refractivity contribution in [3.63, 3.8) is 0 Å². The summed E-state index contributed by atoms with van der Waals surface area (Å²) in [6.07, 6.45) is 1.43. The van der Waals surface area contributed by atoms with E-state index >= 15 is 0 Å². The molecule has 0 aliphatic heterocycles. The van der Waals surface area contributed by atoms with Crippen molar-refractivity contribution in [1.82, 2.24) is 9.97 Å². The average molecular weight is 325 g/mol. The number of rotatable bonds is 4. The van der Waals surface area contributed by atoms with Crippen LogP contribution in [0, 0.1) is 5.82 Å². The maximum atomic E-state index is 13.6. The molecule has 19 heavy (non-hydrogen) atoms. The SMILES string of the molecule is CC(C)Nc1cc(Nc2cc(Br)ccc2F)ncn1. The van der Waals surface area contributed by atoms with Gasteiger partial charge in [-0.2, -0.15) is 0 Å². The summed E-state index contributed by atoms with van der Waals surface area (Å²) < 4.78 is 14.4. The molecule has 2 aromatic rings. The lowest BCUT2D eigenvalue weighted by atomic mass is 10.3. The Morgan fingerprint density at radius 1 is 1.16 bits per heavy atom. The molecule has 6 heteroatoms. The molecule has 0 saturated heterocycles. The monoisotopic (exact) mass is 324 g/mol. The predicted octanol–water partition coefficient (Wildman–Crippen LogP) is 3.94. The number of benzene rings is 1. The van der Waals surface area contributed by atoms with Crippen LogP contribution in [-0.4, -0.2) is 16.0 Å². The van der Waals surface area contributed by atoms with Crippen molar-refractivity contribution >= 4 is 33.3 Å². The van der Waals surface area contributed by atoms with Crippen LogP contribution < -0.4 is 10.6 Å². The Kier molecular flexibility index (Phi) is 4.31. The highest BCUT2D eigenvalue weighted by molar-refractivity contribution is 9.10. The van der Waals surface area contributed by atoms with Gasteiger partial charge >= 0.3 is 0 Å². The van der Waals surface area contributed by atoms with Gasteiger partial charge in [0.15, 0.2) is 0 Å². The number of nitrogens with one attached hydrogen (secondary N) is 2. The van der Waals surface area contributed by atoms with E-state index in [9.17, 15) is 4.39 Å². The molecular weight excluding hydrogens is 311 g/mol. The second-order valence-corrected chi connectivity index (χ2v) is 5.25.